The molecule has 0 saturated carbocycles. The molecular formula is C16H14BrFN2O2. The number of aryl methyl sites for hydroxylation is 1. The molecule has 0 unspecified atom stereocenters. The minimum absolute atomic E-state index is 0.313. The lowest BCUT2D eigenvalue weighted by Gasteiger charge is -2.08. The van der Waals surface area contributed by atoms with Crippen LogP contribution in [0, 0.1) is 12.7 Å². The maximum absolute atomic E-state index is 12.8. The van der Waals surface area contributed by atoms with Gasteiger partial charge in [-0.3, -0.25) is 9.59 Å². The first-order valence-electron chi connectivity index (χ1n) is 6.55. The minimum Gasteiger partial charge on any atom is -0.326 e. The molecule has 0 aliphatic carbocycles. The molecule has 0 heterocycles. The molecule has 0 aliphatic heterocycles. The highest BCUT2D eigenvalue weighted by Gasteiger charge is 2.10. The molecule has 0 bridgehead atoms. The summed E-state index contributed by atoms with van der Waals surface area (Å²) in [5, 5.41) is 5.19. The van der Waals surface area contributed by atoms with E-state index in [1.807, 2.05) is 13.0 Å². The number of anilines is 2. The van der Waals surface area contributed by atoms with Gasteiger partial charge in [0.1, 0.15) is 12.2 Å². The van der Waals surface area contributed by atoms with Crippen LogP contribution in [-0.2, 0) is 9.59 Å². The minimum atomic E-state index is -0.460. The third kappa shape index (κ3) is 4.66. The normalized spacial score (nSPS) is 10.1. The lowest BCUT2D eigenvalue weighted by Crippen LogP contribution is -2.21. The third-order valence-corrected chi connectivity index (χ3v) is 3.78. The van der Waals surface area contributed by atoms with E-state index in [0.717, 1.165) is 10.0 Å². The van der Waals surface area contributed by atoms with Crippen molar-refractivity contribution in [1.82, 2.24) is 0 Å². The summed E-state index contributed by atoms with van der Waals surface area (Å²) in [6.45, 7) is 1.90. The second kappa shape index (κ2) is 7.17. The molecule has 0 aliphatic rings. The predicted octanol–water partition coefficient (Wildman–Crippen LogP) is 3.86. The summed E-state index contributed by atoms with van der Waals surface area (Å²) in [7, 11) is 0. The van der Waals surface area contributed by atoms with E-state index >= 15 is 0 Å². The van der Waals surface area contributed by atoms with E-state index in [1.165, 1.54) is 24.3 Å². The van der Waals surface area contributed by atoms with E-state index in [9.17, 15) is 14.0 Å². The lowest BCUT2D eigenvalue weighted by atomic mass is 10.2. The van der Waals surface area contributed by atoms with Crippen LogP contribution in [-0.4, -0.2) is 11.8 Å². The maximum atomic E-state index is 12.8. The van der Waals surface area contributed by atoms with Crippen molar-refractivity contribution >= 4 is 39.1 Å². The zero-order chi connectivity index (χ0) is 16.1. The van der Waals surface area contributed by atoms with Gasteiger partial charge in [0, 0.05) is 15.8 Å². The first-order chi connectivity index (χ1) is 10.4. The molecule has 0 fully saturated rings. The molecule has 0 atom stereocenters. The zero-order valence-electron chi connectivity index (χ0n) is 11.8. The summed E-state index contributed by atoms with van der Waals surface area (Å²) < 4.78 is 13.7. The van der Waals surface area contributed by atoms with Crippen LogP contribution in [0.4, 0.5) is 15.8 Å². The first kappa shape index (κ1) is 16.2. The molecule has 6 heteroatoms. The Morgan fingerprint density at radius 1 is 1.00 bits per heavy atom. The Bertz CT molecular complexity index is 702. The number of nitrogens with one attached hydrogen (secondary N) is 2. The summed E-state index contributed by atoms with van der Waals surface area (Å²) in [5.74, 6) is -1.26. The number of hydrogen-bond acceptors (Lipinski definition) is 2. The Morgan fingerprint density at radius 3 is 2.14 bits per heavy atom. The topological polar surface area (TPSA) is 58.2 Å². The highest BCUT2D eigenvalue weighted by Crippen LogP contribution is 2.20. The maximum Gasteiger partial charge on any atom is 0.233 e. The zero-order valence-corrected chi connectivity index (χ0v) is 13.4. The summed E-state index contributed by atoms with van der Waals surface area (Å²) in [4.78, 5) is 23.6. The van der Waals surface area contributed by atoms with Crippen LogP contribution in [0.3, 0.4) is 0 Å². The number of carbonyl (C=O) groups excluding carboxylic acids is 2. The number of benzene rings is 2. The molecule has 0 aromatic heterocycles. The second-order valence-corrected chi connectivity index (χ2v) is 5.60. The Labute approximate surface area is 135 Å². The van der Waals surface area contributed by atoms with Gasteiger partial charge in [-0.1, -0.05) is 15.9 Å². The summed E-state index contributed by atoms with van der Waals surface area (Å²) in [5.41, 5.74) is 2.05. The van der Waals surface area contributed by atoms with Crippen molar-refractivity contribution in [3.8, 4) is 0 Å². The van der Waals surface area contributed by atoms with Gasteiger partial charge in [0.05, 0.1) is 0 Å². The van der Waals surface area contributed by atoms with Gasteiger partial charge in [-0.05, 0) is 55.0 Å². The van der Waals surface area contributed by atoms with Gasteiger partial charge in [0.25, 0.3) is 0 Å². The third-order valence-electron chi connectivity index (χ3n) is 2.89. The van der Waals surface area contributed by atoms with Gasteiger partial charge in [-0.15, -0.1) is 0 Å². The number of halogens is 2. The number of hydrogen-bond donors (Lipinski definition) is 2. The van der Waals surface area contributed by atoms with Gasteiger partial charge in [-0.25, -0.2) is 4.39 Å². The largest absolute Gasteiger partial charge is 0.326 e. The van der Waals surface area contributed by atoms with Crippen LogP contribution in [0.2, 0.25) is 0 Å². The monoisotopic (exact) mass is 364 g/mol. The summed E-state index contributed by atoms with van der Waals surface area (Å²) in [6, 6.07) is 10.7. The van der Waals surface area contributed by atoms with Crippen molar-refractivity contribution in [3.63, 3.8) is 0 Å². The van der Waals surface area contributed by atoms with Gasteiger partial charge >= 0.3 is 0 Å². The van der Waals surface area contributed by atoms with Crippen molar-refractivity contribution < 1.29 is 14.0 Å². The summed E-state index contributed by atoms with van der Waals surface area (Å²) >= 11 is 3.37. The van der Waals surface area contributed by atoms with E-state index < -0.39 is 11.8 Å². The SMILES string of the molecule is Cc1cc(NC(=O)CC(=O)Nc2ccc(F)cc2)ccc1Br. The van der Waals surface area contributed by atoms with Crippen molar-refractivity contribution in [2.75, 3.05) is 10.6 Å². The number of rotatable bonds is 4. The highest BCUT2D eigenvalue weighted by molar-refractivity contribution is 9.10. The molecule has 2 rings (SSSR count). The predicted molar refractivity (Wildman–Crippen MR) is 87.2 cm³/mol. The molecule has 4 nitrogen and oxygen atoms in total. The Kier molecular flexibility index (Phi) is 5.27. The van der Waals surface area contributed by atoms with Crippen molar-refractivity contribution in [2.45, 2.75) is 13.3 Å². The van der Waals surface area contributed by atoms with E-state index in [2.05, 4.69) is 26.6 Å². The molecule has 0 spiro atoms. The van der Waals surface area contributed by atoms with E-state index in [0.29, 0.717) is 11.4 Å². The average molecular weight is 365 g/mol. The van der Waals surface area contributed by atoms with E-state index in [1.54, 1.807) is 12.1 Å². The fourth-order valence-corrected chi connectivity index (χ4v) is 2.06. The smallest absolute Gasteiger partial charge is 0.233 e. The Balaban J connectivity index is 1.89. The van der Waals surface area contributed by atoms with Crippen molar-refractivity contribution in [2.24, 2.45) is 0 Å². The van der Waals surface area contributed by atoms with Gasteiger partial charge < -0.3 is 10.6 Å². The molecule has 2 aromatic rings. The molecule has 2 amide bonds. The van der Waals surface area contributed by atoms with Crippen LogP contribution in [0.5, 0.6) is 0 Å². The van der Waals surface area contributed by atoms with E-state index in [-0.39, 0.29) is 12.2 Å². The molecule has 22 heavy (non-hydrogen) atoms. The second-order valence-electron chi connectivity index (χ2n) is 4.74. The van der Waals surface area contributed by atoms with Crippen LogP contribution in [0.25, 0.3) is 0 Å². The Morgan fingerprint density at radius 2 is 1.55 bits per heavy atom. The molecule has 2 N–H and O–H groups in total. The van der Waals surface area contributed by atoms with Gasteiger partial charge in [-0.2, -0.15) is 0 Å². The molecule has 0 radical (unpaired) electrons. The Hall–Kier alpha value is -2.21. The lowest BCUT2D eigenvalue weighted by molar-refractivity contribution is -0.123. The number of amides is 2. The standard InChI is InChI=1S/C16H14BrFN2O2/c1-10-8-13(6-7-14(10)17)20-16(22)9-15(21)19-12-4-2-11(18)3-5-12/h2-8H,9H2,1H3,(H,19,21)(H,20,22). The van der Waals surface area contributed by atoms with Gasteiger partial charge in [0.15, 0.2) is 0 Å². The van der Waals surface area contributed by atoms with Crippen LogP contribution < -0.4 is 10.6 Å². The fourth-order valence-electron chi connectivity index (χ4n) is 1.81. The van der Waals surface area contributed by atoms with Crippen LogP contribution >= 0.6 is 15.9 Å². The first-order valence-corrected chi connectivity index (χ1v) is 7.35. The summed E-state index contributed by atoms with van der Waals surface area (Å²) in [6.07, 6.45) is -0.313. The quantitative estimate of drug-likeness (QED) is 0.809. The number of carbonyl (C=O) groups is 2. The average Bonchev–Trinajstić information content (AvgIpc) is 2.45. The molecular weight excluding hydrogens is 351 g/mol. The molecule has 114 valence electrons. The van der Waals surface area contributed by atoms with Crippen molar-refractivity contribution in [3.05, 3.63) is 58.3 Å². The van der Waals surface area contributed by atoms with E-state index in [4.69, 9.17) is 0 Å². The molecule has 2 aromatic carbocycles. The van der Waals surface area contributed by atoms with Crippen LogP contribution in [0.1, 0.15) is 12.0 Å². The van der Waals surface area contributed by atoms with Crippen LogP contribution in [0.15, 0.2) is 46.9 Å². The molecule has 0 saturated heterocycles. The fraction of sp³-hybridized carbons (Fsp3) is 0.125. The van der Waals surface area contributed by atoms with Gasteiger partial charge in [0.2, 0.25) is 11.8 Å². The van der Waals surface area contributed by atoms with Crippen molar-refractivity contribution in [1.29, 1.82) is 0 Å². The highest BCUT2D eigenvalue weighted by atomic mass is 79.9.